The third-order valence-corrected chi connectivity index (χ3v) is 5.39. The van der Waals surface area contributed by atoms with E-state index in [4.69, 9.17) is 0 Å². The number of hydrogen-bond acceptors (Lipinski definition) is 3. The normalized spacial score (nSPS) is 18.6. The summed E-state index contributed by atoms with van der Waals surface area (Å²) in [5, 5.41) is 0. The van der Waals surface area contributed by atoms with Gasteiger partial charge in [0.1, 0.15) is 0 Å². The van der Waals surface area contributed by atoms with E-state index in [0.717, 1.165) is 42.5 Å². The summed E-state index contributed by atoms with van der Waals surface area (Å²) in [6.07, 6.45) is 6.20. The zero-order valence-electron chi connectivity index (χ0n) is 14.8. The molecule has 5 heteroatoms. The highest BCUT2D eigenvalue weighted by Crippen LogP contribution is 2.25. The SMILES string of the molecule is O=C1C(=O)N(C2CCCC2)CCN1Cc1ccc(-c2ccccc2)cn1. The summed E-state index contributed by atoms with van der Waals surface area (Å²) in [6.45, 7) is 1.61. The van der Waals surface area contributed by atoms with Crippen LogP contribution in [0.3, 0.4) is 0 Å². The number of aromatic nitrogens is 1. The summed E-state index contributed by atoms with van der Waals surface area (Å²) in [6, 6.07) is 14.3. The first-order valence-corrected chi connectivity index (χ1v) is 9.32. The van der Waals surface area contributed by atoms with Crippen LogP contribution >= 0.6 is 0 Å². The van der Waals surface area contributed by atoms with E-state index in [1.165, 1.54) is 0 Å². The van der Waals surface area contributed by atoms with Crippen molar-refractivity contribution in [3.05, 3.63) is 54.4 Å². The minimum atomic E-state index is -0.392. The molecule has 0 radical (unpaired) electrons. The van der Waals surface area contributed by atoms with Gasteiger partial charge in [-0.05, 0) is 24.5 Å². The van der Waals surface area contributed by atoms with Gasteiger partial charge in [-0.1, -0.05) is 49.2 Å². The maximum atomic E-state index is 12.5. The van der Waals surface area contributed by atoms with Crippen LogP contribution in [0.5, 0.6) is 0 Å². The number of carbonyl (C=O) groups excluding carboxylic acids is 2. The summed E-state index contributed by atoms with van der Waals surface area (Å²) in [5.74, 6) is -0.735. The van der Waals surface area contributed by atoms with Gasteiger partial charge in [0.05, 0.1) is 12.2 Å². The van der Waals surface area contributed by atoms with Crippen molar-refractivity contribution in [2.24, 2.45) is 0 Å². The molecule has 1 aromatic carbocycles. The van der Waals surface area contributed by atoms with E-state index in [1.807, 2.05) is 48.7 Å². The third kappa shape index (κ3) is 3.34. The van der Waals surface area contributed by atoms with Gasteiger partial charge in [0.15, 0.2) is 0 Å². The smallest absolute Gasteiger partial charge is 0.312 e. The van der Waals surface area contributed by atoms with Crippen LogP contribution in [0.2, 0.25) is 0 Å². The van der Waals surface area contributed by atoms with E-state index in [-0.39, 0.29) is 11.9 Å². The predicted molar refractivity (Wildman–Crippen MR) is 99.1 cm³/mol. The molecule has 1 saturated heterocycles. The zero-order chi connectivity index (χ0) is 17.9. The van der Waals surface area contributed by atoms with Gasteiger partial charge in [-0.3, -0.25) is 14.6 Å². The lowest BCUT2D eigenvalue weighted by Gasteiger charge is -2.37. The second-order valence-electron chi connectivity index (χ2n) is 7.07. The van der Waals surface area contributed by atoms with Crippen molar-refractivity contribution in [1.82, 2.24) is 14.8 Å². The molecule has 0 unspecified atom stereocenters. The van der Waals surface area contributed by atoms with Crippen molar-refractivity contribution in [3.63, 3.8) is 0 Å². The number of rotatable bonds is 4. The Labute approximate surface area is 153 Å². The fraction of sp³-hybridized carbons (Fsp3) is 0.381. The number of hydrogen-bond donors (Lipinski definition) is 0. The topological polar surface area (TPSA) is 53.5 Å². The molecule has 1 aliphatic heterocycles. The van der Waals surface area contributed by atoms with E-state index in [9.17, 15) is 9.59 Å². The van der Waals surface area contributed by atoms with Gasteiger partial charge in [-0.15, -0.1) is 0 Å². The lowest BCUT2D eigenvalue weighted by molar-refractivity contribution is -0.158. The summed E-state index contributed by atoms with van der Waals surface area (Å²) in [4.78, 5) is 32.9. The molecular weight excluding hydrogens is 326 g/mol. The number of benzene rings is 1. The number of carbonyl (C=O) groups is 2. The van der Waals surface area contributed by atoms with Crippen molar-refractivity contribution >= 4 is 11.8 Å². The Balaban J connectivity index is 1.41. The number of nitrogens with zero attached hydrogens (tertiary/aromatic N) is 3. The second kappa shape index (κ2) is 7.28. The molecule has 4 rings (SSSR count). The van der Waals surface area contributed by atoms with Crippen LogP contribution in [0, 0.1) is 0 Å². The fourth-order valence-electron chi connectivity index (χ4n) is 3.92. The van der Waals surface area contributed by atoms with Crippen LogP contribution in [0.15, 0.2) is 48.7 Å². The van der Waals surface area contributed by atoms with E-state index >= 15 is 0 Å². The van der Waals surface area contributed by atoms with E-state index < -0.39 is 5.91 Å². The molecule has 134 valence electrons. The quantitative estimate of drug-likeness (QED) is 0.798. The minimum Gasteiger partial charge on any atom is -0.330 e. The first-order chi connectivity index (χ1) is 12.7. The molecule has 26 heavy (non-hydrogen) atoms. The van der Waals surface area contributed by atoms with Crippen molar-refractivity contribution < 1.29 is 9.59 Å². The number of amides is 2. The molecule has 0 atom stereocenters. The average molecular weight is 349 g/mol. The molecular formula is C21H23N3O2. The summed E-state index contributed by atoms with van der Waals surface area (Å²) in [7, 11) is 0. The maximum Gasteiger partial charge on any atom is 0.312 e. The number of piperazine rings is 1. The van der Waals surface area contributed by atoms with Gasteiger partial charge in [0, 0.05) is 30.9 Å². The van der Waals surface area contributed by atoms with E-state index in [1.54, 1.807) is 9.80 Å². The average Bonchev–Trinajstić information content (AvgIpc) is 3.21. The van der Waals surface area contributed by atoms with E-state index in [2.05, 4.69) is 4.98 Å². The maximum absolute atomic E-state index is 12.5. The summed E-state index contributed by atoms with van der Waals surface area (Å²) < 4.78 is 0. The predicted octanol–water partition coefficient (Wildman–Crippen LogP) is 2.86. The Hall–Kier alpha value is -2.69. The van der Waals surface area contributed by atoms with E-state index in [0.29, 0.717) is 19.6 Å². The van der Waals surface area contributed by atoms with Gasteiger partial charge in [-0.25, -0.2) is 0 Å². The molecule has 2 aliphatic rings. The van der Waals surface area contributed by atoms with Gasteiger partial charge >= 0.3 is 11.8 Å². The minimum absolute atomic E-state index is 0.261. The lowest BCUT2D eigenvalue weighted by Crippen LogP contribution is -2.56. The van der Waals surface area contributed by atoms with Crippen LogP contribution in [0.25, 0.3) is 11.1 Å². The van der Waals surface area contributed by atoms with Crippen LogP contribution in [0.4, 0.5) is 0 Å². The molecule has 0 N–H and O–H groups in total. The van der Waals surface area contributed by atoms with Gasteiger partial charge < -0.3 is 9.80 Å². The van der Waals surface area contributed by atoms with Crippen LogP contribution in [0.1, 0.15) is 31.4 Å². The molecule has 0 bridgehead atoms. The van der Waals surface area contributed by atoms with Crippen LogP contribution in [-0.2, 0) is 16.1 Å². The highest BCUT2D eigenvalue weighted by molar-refractivity contribution is 6.35. The Kier molecular flexibility index (Phi) is 4.69. The molecule has 2 amide bonds. The molecule has 0 spiro atoms. The zero-order valence-corrected chi connectivity index (χ0v) is 14.8. The first-order valence-electron chi connectivity index (χ1n) is 9.32. The van der Waals surface area contributed by atoms with Crippen molar-refractivity contribution in [2.45, 2.75) is 38.3 Å². The fourth-order valence-corrected chi connectivity index (χ4v) is 3.92. The Morgan fingerprint density at radius 1 is 0.885 bits per heavy atom. The monoisotopic (exact) mass is 349 g/mol. The third-order valence-electron chi connectivity index (χ3n) is 5.39. The van der Waals surface area contributed by atoms with Crippen LogP contribution in [-0.4, -0.2) is 45.7 Å². The highest BCUT2D eigenvalue weighted by atomic mass is 16.2. The van der Waals surface area contributed by atoms with Crippen molar-refractivity contribution in [2.75, 3.05) is 13.1 Å². The molecule has 2 aromatic rings. The van der Waals surface area contributed by atoms with Crippen molar-refractivity contribution in [1.29, 1.82) is 0 Å². The first kappa shape index (κ1) is 16.8. The molecule has 1 saturated carbocycles. The lowest BCUT2D eigenvalue weighted by atomic mass is 10.1. The Bertz CT molecular complexity index is 783. The Morgan fingerprint density at radius 2 is 1.65 bits per heavy atom. The summed E-state index contributed by atoms with van der Waals surface area (Å²) in [5.41, 5.74) is 2.96. The van der Waals surface area contributed by atoms with Crippen molar-refractivity contribution in [3.8, 4) is 11.1 Å². The summed E-state index contributed by atoms with van der Waals surface area (Å²) >= 11 is 0. The van der Waals surface area contributed by atoms with Gasteiger partial charge in [0.25, 0.3) is 0 Å². The standard InChI is InChI=1S/C21H23N3O2/c25-20-21(26)24(19-8-4-5-9-19)13-12-23(20)15-18-11-10-17(14-22-18)16-6-2-1-3-7-16/h1-3,6-7,10-11,14,19H,4-5,8-9,12-13,15H2. The molecule has 2 fully saturated rings. The van der Waals surface area contributed by atoms with Gasteiger partial charge in [0.2, 0.25) is 0 Å². The van der Waals surface area contributed by atoms with Gasteiger partial charge in [-0.2, -0.15) is 0 Å². The Morgan fingerprint density at radius 3 is 2.35 bits per heavy atom. The van der Waals surface area contributed by atoms with Crippen LogP contribution < -0.4 is 0 Å². The largest absolute Gasteiger partial charge is 0.330 e. The molecule has 2 heterocycles. The molecule has 1 aliphatic carbocycles. The number of pyridine rings is 1. The second-order valence-corrected chi connectivity index (χ2v) is 7.07. The molecule has 1 aromatic heterocycles. The molecule has 5 nitrogen and oxygen atoms in total. The highest BCUT2D eigenvalue weighted by Gasteiger charge is 2.37.